The van der Waals surface area contributed by atoms with Gasteiger partial charge in [0.1, 0.15) is 0 Å². The van der Waals surface area contributed by atoms with Gasteiger partial charge in [0, 0.05) is 21.5 Å². The van der Waals surface area contributed by atoms with Crippen LogP contribution in [0.5, 0.6) is 0 Å². The van der Waals surface area contributed by atoms with Crippen LogP contribution in [0.2, 0.25) is 0 Å². The molecule has 2 aliphatic heterocycles. The van der Waals surface area contributed by atoms with Crippen LogP contribution in [0.4, 0.5) is 0 Å². The first-order valence-corrected chi connectivity index (χ1v) is 4.62. The second-order valence-corrected chi connectivity index (χ2v) is 3.73. The van der Waals surface area contributed by atoms with E-state index in [1.54, 1.807) is 6.07 Å². The summed E-state index contributed by atoms with van der Waals surface area (Å²) in [5, 5.41) is 9.09. The first-order valence-electron chi connectivity index (χ1n) is 3.54. The summed E-state index contributed by atoms with van der Waals surface area (Å²) in [7, 11) is 0. The van der Waals surface area contributed by atoms with E-state index in [0.29, 0.717) is 5.56 Å². The van der Waals surface area contributed by atoms with E-state index in [1.807, 2.05) is 0 Å². The first-order chi connectivity index (χ1) is 6.18. The molecule has 0 spiro atoms. The third-order valence-corrected chi connectivity index (χ3v) is 2.59. The van der Waals surface area contributed by atoms with Gasteiger partial charge >= 0.3 is 0 Å². The third-order valence-electron chi connectivity index (χ3n) is 1.73. The molecule has 0 saturated heterocycles. The van der Waals surface area contributed by atoms with Crippen molar-refractivity contribution in [3.8, 4) is 11.1 Å². The van der Waals surface area contributed by atoms with Crippen molar-refractivity contribution in [3.05, 3.63) is 38.6 Å². The van der Waals surface area contributed by atoms with Crippen LogP contribution >= 0.6 is 22.6 Å². The Labute approximate surface area is 87.3 Å². The van der Waals surface area contributed by atoms with Crippen molar-refractivity contribution >= 4 is 22.6 Å². The van der Waals surface area contributed by atoms with Crippen molar-refractivity contribution in [2.75, 3.05) is 0 Å². The molecule has 2 rings (SSSR count). The molecule has 5 heteroatoms. The van der Waals surface area contributed by atoms with Crippen molar-refractivity contribution in [2.45, 2.75) is 0 Å². The number of hydrogen-bond acceptors (Lipinski definition) is 3. The lowest BCUT2D eigenvalue weighted by molar-refractivity contribution is 0.184. The van der Waals surface area contributed by atoms with E-state index in [0.717, 1.165) is 13.9 Å². The molecule has 2 aliphatic rings. The van der Waals surface area contributed by atoms with Gasteiger partial charge in [-0.15, -0.1) is 0 Å². The predicted molar refractivity (Wildman–Crippen MR) is 55.0 cm³/mol. The Morgan fingerprint density at radius 3 is 3.00 bits per heavy atom. The van der Waals surface area contributed by atoms with Gasteiger partial charge < -0.3 is 5.21 Å². The highest BCUT2D eigenvalue weighted by Crippen LogP contribution is 2.21. The molecule has 0 radical (unpaired) electrons. The SMILES string of the molecule is O=c1ncc(I)c2ccn(O)cc1-2. The highest BCUT2D eigenvalue weighted by Gasteiger charge is 2.10. The molecule has 0 unspecified atom stereocenters. The molecule has 0 atom stereocenters. The van der Waals surface area contributed by atoms with E-state index >= 15 is 0 Å². The summed E-state index contributed by atoms with van der Waals surface area (Å²) in [5.41, 5.74) is 0.918. The van der Waals surface area contributed by atoms with Crippen molar-refractivity contribution in [3.63, 3.8) is 0 Å². The summed E-state index contributed by atoms with van der Waals surface area (Å²) in [4.78, 5) is 14.9. The number of pyridine rings is 2. The summed E-state index contributed by atoms with van der Waals surface area (Å²) in [6, 6.07) is 1.68. The zero-order valence-corrected chi connectivity index (χ0v) is 8.59. The summed E-state index contributed by atoms with van der Waals surface area (Å²) in [5.74, 6) is 0. The summed E-state index contributed by atoms with van der Waals surface area (Å²) in [6.07, 6.45) is 4.35. The molecule has 2 heterocycles. The molecule has 13 heavy (non-hydrogen) atoms. The number of halogens is 1. The van der Waals surface area contributed by atoms with Gasteiger partial charge in [-0.1, -0.05) is 0 Å². The maximum atomic E-state index is 11.2. The van der Waals surface area contributed by atoms with E-state index in [-0.39, 0.29) is 5.56 Å². The highest BCUT2D eigenvalue weighted by molar-refractivity contribution is 14.1. The largest absolute Gasteiger partial charge is 0.429 e. The van der Waals surface area contributed by atoms with Crippen LogP contribution in [0.3, 0.4) is 0 Å². The molecule has 1 N–H and O–H groups in total. The average Bonchev–Trinajstić information content (AvgIpc) is 2.12. The molecule has 0 aromatic carbocycles. The van der Waals surface area contributed by atoms with E-state index < -0.39 is 0 Å². The molecular weight excluding hydrogens is 283 g/mol. The molecule has 0 aromatic heterocycles. The minimum absolute atomic E-state index is 0.321. The number of aromatic nitrogens is 2. The minimum Gasteiger partial charge on any atom is -0.429 e. The normalized spacial score (nSPS) is 10.5. The first kappa shape index (κ1) is 8.49. The highest BCUT2D eigenvalue weighted by atomic mass is 127. The van der Waals surface area contributed by atoms with Crippen molar-refractivity contribution in [1.82, 2.24) is 9.71 Å². The van der Waals surface area contributed by atoms with Gasteiger partial charge in [0.15, 0.2) is 0 Å². The maximum Gasteiger partial charge on any atom is 0.279 e. The van der Waals surface area contributed by atoms with Crippen molar-refractivity contribution in [2.24, 2.45) is 0 Å². The number of hydrogen-bond donors (Lipinski definition) is 1. The lowest BCUT2D eigenvalue weighted by Gasteiger charge is -2.06. The zero-order valence-electron chi connectivity index (χ0n) is 6.44. The standard InChI is InChI=1S/C8H5IN2O2/c9-7-3-10-8(12)6-4-11(13)2-1-5(6)7/h1-4,13H. The fourth-order valence-electron chi connectivity index (χ4n) is 1.12. The summed E-state index contributed by atoms with van der Waals surface area (Å²) in [6.45, 7) is 0. The van der Waals surface area contributed by atoms with Gasteiger partial charge in [0.05, 0.1) is 11.8 Å². The Morgan fingerprint density at radius 1 is 1.46 bits per heavy atom. The number of nitrogens with zero attached hydrogens (tertiary/aromatic N) is 2. The molecule has 0 bridgehead atoms. The second-order valence-electron chi connectivity index (χ2n) is 2.56. The maximum absolute atomic E-state index is 11.2. The molecule has 66 valence electrons. The summed E-state index contributed by atoms with van der Waals surface area (Å²) < 4.78 is 1.74. The average molecular weight is 288 g/mol. The predicted octanol–water partition coefficient (Wildman–Crippen LogP) is 1.19. The fourth-order valence-corrected chi connectivity index (χ4v) is 1.73. The van der Waals surface area contributed by atoms with Gasteiger partial charge in [-0.2, -0.15) is 0 Å². The molecule has 4 nitrogen and oxygen atoms in total. The molecular formula is C8H5IN2O2. The summed E-state index contributed by atoms with van der Waals surface area (Å²) >= 11 is 2.09. The van der Waals surface area contributed by atoms with Crippen LogP contribution < -0.4 is 5.56 Å². The Balaban J connectivity index is 2.91. The molecule has 0 saturated carbocycles. The Kier molecular flexibility index (Phi) is 1.95. The fraction of sp³-hybridized carbons (Fsp3) is 0. The second kappa shape index (κ2) is 2.99. The topological polar surface area (TPSA) is 55.1 Å². The lowest BCUT2D eigenvalue weighted by Crippen LogP contribution is -2.12. The molecule has 0 aromatic rings. The van der Waals surface area contributed by atoms with E-state index in [2.05, 4.69) is 27.6 Å². The third kappa shape index (κ3) is 1.39. The smallest absolute Gasteiger partial charge is 0.279 e. The van der Waals surface area contributed by atoms with Crippen LogP contribution in [-0.4, -0.2) is 14.9 Å². The van der Waals surface area contributed by atoms with Crippen molar-refractivity contribution < 1.29 is 5.21 Å². The monoisotopic (exact) mass is 288 g/mol. The lowest BCUT2D eigenvalue weighted by atomic mass is 10.1. The quantitative estimate of drug-likeness (QED) is 0.585. The molecule has 0 aliphatic carbocycles. The Morgan fingerprint density at radius 2 is 2.23 bits per heavy atom. The van der Waals surface area contributed by atoms with Crippen LogP contribution in [-0.2, 0) is 0 Å². The minimum atomic E-state index is -0.321. The van der Waals surface area contributed by atoms with E-state index in [1.165, 1.54) is 18.6 Å². The van der Waals surface area contributed by atoms with Gasteiger partial charge in [0.25, 0.3) is 5.56 Å². The van der Waals surface area contributed by atoms with Gasteiger partial charge in [-0.25, -0.2) is 9.71 Å². The Bertz CT molecular complexity index is 480. The van der Waals surface area contributed by atoms with Crippen LogP contribution in [0, 0.1) is 3.57 Å². The van der Waals surface area contributed by atoms with Gasteiger partial charge in [-0.3, -0.25) is 4.79 Å². The van der Waals surface area contributed by atoms with Crippen LogP contribution in [0.15, 0.2) is 29.5 Å². The number of rotatable bonds is 0. The van der Waals surface area contributed by atoms with E-state index in [4.69, 9.17) is 5.21 Å². The van der Waals surface area contributed by atoms with Gasteiger partial charge in [-0.05, 0) is 28.7 Å². The number of fused-ring (bicyclic) bond motifs is 1. The molecule has 0 amide bonds. The van der Waals surface area contributed by atoms with E-state index in [9.17, 15) is 4.79 Å². The van der Waals surface area contributed by atoms with Crippen molar-refractivity contribution in [1.29, 1.82) is 0 Å². The van der Waals surface area contributed by atoms with Crippen LogP contribution in [0.25, 0.3) is 11.1 Å². The van der Waals surface area contributed by atoms with Crippen LogP contribution in [0.1, 0.15) is 0 Å². The zero-order chi connectivity index (χ0) is 9.42. The molecule has 0 fully saturated rings. The Hall–Kier alpha value is -1.11. The van der Waals surface area contributed by atoms with Gasteiger partial charge in [0.2, 0.25) is 0 Å².